The van der Waals surface area contributed by atoms with E-state index in [0.717, 1.165) is 24.5 Å². The number of benzene rings is 2. The van der Waals surface area contributed by atoms with E-state index in [1.54, 1.807) is 0 Å². The first-order valence-electron chi connectivity index (χ1n) is 8.25. The Labute approximate surface area is 142 Å². The van der Waals surface area contributed by atoms with Crippen molar-refractivity contribution in [3.63, 3.8) is 0 Å². The van der Waals surface area contributed by atoms with Crippen molar-refractivity contribution in [2.24, 2.45) is 0 Å². The van der Waals surface area contributed by atoms with E-state index in [0.29, 0.717) is 5.92 Å². The van der Waals surface area contributed by atoms with E-state index in [1.807, 2.05) is 31.2 Å². The van der Waals surface area contributed by atoms with Crippen LogP contribution in [0.5, 0.6) is 11.5 Å². The van der Waals surface area contributed by atoms with Crippen LogP contribution in [0, 0.1) is 0 Å². The van der Waals surface area contributed by atoms with Gasteiger partial charge in [-0.3, -0.25) is 4.79 Å². The normalized spacial score (nSPS) is 17.3. The van der Waals surface area contributed by atoms with Gasteiger partial charge in [-0.05, 0) is 37.1 Å². The van der Waals surface area contributed by atoms with Gasteiger partial charge in [0.2, 0.25) is 0 Å². The van der Waals surface area contributed by atoms with Gasteiger partial charge in [-0.2, -0.15) is 0 Å². The molecule has 1 aliphatic heterocycles. The number of para-hydroxylation sites is 1. The van der Waals surface area contributed by atoms with Crippen molar-refractivity contribution in [2.75, 3.05) is 13.2 Å². The van der Waals surface area contributed by atoms with E-state index >= 15 is 0 Å². The van der Waals surface area contributed by atoms with Gasteiger partial charge in [0, 0.05) is 18.4 Å². The van der Waals surface area contributed by atoms with Crippen molar-refractivity contribution in [3.8, 4) is 11.5 Å². The largest absolute Gasteiger partial charge is 0.493 e. The number of esters is 1. The first kappa shape index (κ1) is 16.4. The van der Waals surface area contributed by atoms with Gasteiger partial charge in [-0.25, -0.2) is 0 Å². The third-order valence-corrected chi connectivity index (χ3v) is 4.10. The van der Waals surface area contributed by atoms with Crippen molar-refractivity contribution in [1.29, 1.82) is 0 Å². The SMILES string of the molecule is CC(=O)OCC(C)Oc1ccc(C2CCOc3ccccc32)cc1. The fourth-order valence-corrected chi connectivity index (χ4v) is 2.97. The highest BCUT2D eigenvalue weighted by atomic mass is 16.6. The Morgan fingerprint density at radius 3 is 2.71 bits per heavy atom. The molecule has 0 N–H and O–H groups in total. The van der Waals surface area contributed by atoms with E-state index in [2.05, 4.69) is 24.3 Å². The van der Waals surface area contributed by atoms with Gasteiger partial charge in [0.05, 0.1) is 6.61 Å². The summed E-state index contributed by atoms with van der Waals surface area (Å²) in [5.41, 5.74) is 2.49. The molecule has 0 fully saturated rings. The second-order valence-corrected chi connectivity index (χ2v) is 6.03. The van der Waals surface area contributed by atoms with E-state index < -0.39 is 0 Å². The molecule has 0 aliphatic carbocycles. The fourth-order valence-electron chi connectivity index (χ4n) is 2.97. The molecule has 126 valence electrons. The standard InChI is InChI=1S/C20H22O4/c1-14(13-23-15(2)21)24-17-9-7-16(8-10-17)18-11-12-22-20-6-4-3-5-19(18)20/h3-10,14,18H,11-13H2,1-2H3. The van der Waals surface area contributed by atoms with Crippen LogP contribution in [0.25, 0.3) is 0 Å². The molecule has 0 amide bonds. The first-order chi connectivity index (χ1) is 11.6. The van der Waals surface area contributed by atoms with E-state index in [1.165, 1.54) is 18.1 Å². The van der Waals surface area contributed by atoms with Gasteiger partial charge in [0.25, 0.3) is 0 Å². The smallest absolute Gasteiger partial charge is 0.302 e. The molecule has 0 spiro atoms. The monoisotopic (exact) mass is 326 g/mol. The lowest BCUT2D eigenvalue weighted by molar-refractivity contribution is -0.143. The molecule has 3 rings (SSSR count). The van der Waals surface area contributed by atoms with Gasteiger partial charge < -0.3 is 14.2 Å². The predicted octanol–water partition coefficient (Wildman–Crippen LogP) is 3.93. The Kier molecular flexibility index (Phi) is 5.04. The van der Waals surface area contributed by atoms with Crippen LogP contribution in [0.1, 0.15) is 37.3 Å². The van der Waals surface area contributed by atoms with Crippen molar-refractivity contribution in [3.05, 3.63) is 59.7 Å². The summed E-state index contributed by atoms with van der Waals surface area (Å²) in [5.74, 6) is 1.81. The minimum Gasteiger partial charge on any atom is -0.493 e. The average molecular weight is 326 g/mol. The van der Waals surface area contributed by atoms with Crippen molar-refractivity contribution < 1.29 is 19.0 Å². The average Bonchev–Trinajstić information content (AvgIpc) is 2.60. The van der Waals surface area contributed by atoms with E-state index in [9.17, 15) is 4.79 Å². The van der Waals surface area contributed by atoms with Crippen LogP contribution >= 0.6 is 0 Å². The zero-order valence-electron chi connectivity index (χ0n) is 14.0. The molecule has 0 radical (unpaired) electrons. The van der Waals surface area contributed by atoms with Gasteiger partial charge in [-0.1, -0.05) is 30.3 Å². The summed E-state index contributed by atoms with van der Waals surface area (Å²) in [6.45, 7) is 4.27. The zero-order chi connectivity index (χ0) is 16.9. The third-order valence-electron chi connectivity index (χ3n) is 4.10. The highest BCUT2D eigenvalue weighted by Gasteiger charge is 2.22. The number of carbonyl (C=O) groups excluding carboxylic acids is 1. The molecule has 0 aromatic heterocycles. The highest BCUT2D eigenvalue weighted by Crippen LogP contribution is 2.38. The van der Waals surface area contributed by atoms with Crippen molar-refractivity contribution in [1.82, 2.24) is 0 Å². The molecule has 2 aromatic carbocycles. The van der Waals surface area contributed by atoms with Gasteiger partial charge in [0.1, 0.15) is 24.2 Å². The fraction of sp³-hybridized carbons (Fsp3) is 0.350. The van der Waals surface area contributed by atoms with Crippen LogP contribution in [0.2, 0.25) is 0 Å². The summed E-state index contributed by atoms with van der Waals surface area (Å²) in [4.78, 5) is 10.8. The van der Waals surface area contributed by atoms with Gasteiger partial charge in [0.15, 0.2) is 0 Å². The molecular formula is C20H22O4. The molecule has 1 heterocycles. The van der Waals surface area contributed by atoms with Crippen LogP contribution in [0.15, 0.2) is 48.5 Å². The number of hydrogen-bond donors (Lipinski definition) is 0. The summed E-state index contributed by atoms with van der Waals surface area (Å²) >= 11 is 0. The second kappa shape index (κ2) is 7.39. The lowest BCUT2D eigenvalue weighted by atomic mass is 9.87. The van der Waals surface area contributed by atoms with Crippen molar-refractivity contribution >= 4 is 5.97 Å². The number of hydrogen-bond acceptors (Lipinski definition) is 4. The number of fused-ring (bicyclic) bond motifs is 1. The maximum atomic E-state index is 10.8. The summed E-state index contributed by atoms with van der Waals surface area (Å²) in [6, 6.07) is 16.3. The maximum Gasteiger partial charge on any atom is 0.302 e. The summed E-state index contributed by atoms with van der Waals surface area (Å²) in [5, 5.41) is 0. The Hall–Kier alpha value is -2.49. The molecule has 24 heavy (non-hydrogen) atoms. The van der Waals surface area contributed by atoms with E-state index in [4.69, 9.17) is 14.2 Å². The minimum atomic E-state index is -0.293. The lowest BCUT2D eigenvalue weighted by Crippen LogP contribution is -2.20. The number of carbonyl (C=O) groups is 1. The zero-order valence-corrected chi connectivity index (χ0v) is 14.0. The molecule has 0 saturated carbocycles. The lowest BCUT2D eigenvalue weighted by Gasteiger charge is -2.26. The summed E-state index contributed by atoms with van der Waals surface area (Å²) < 4.78 is 16.5. The topological polar surface area (TPSA) is 44.8 Å². The summed E-state index contributed by atoms with van der Waals surface area (Å²) in [6.07, 6.45) is 0.795. The predicted molar refractivity (Wildman–Crippen MR) is 91.6 cm³/mol. The van der Waals surface area contributed by atoms with E-state index in [-0.39, 0.29) is 18.7 Å². The second-order valence-electron chi connectivity index (χ2n) is 6.03. The molecule has 2 aromatic rings. The Balaban J connectivity index is 1.68. The molecule has 2 atom stereocenters. The molecule has 4 heteroatoms. The van der Waals surface area contributed by atoms with Gasteiger partial charge in [-0.15, -0.1) is 0 Å². The quantitative estimate of drug-likeness (QED) is 0.781. The van der Waals surface area contributed by atoms with Gasteiger partial charge >= 0.3 is 5.97 Å². The molecule has 4 nitrogen and oxygen atoms in total. The highest BCUT2D eigenvalue weighted by molar-refractivity contribution is 5.65. The van der Waals surface area contributed by atoms with Crippen LogP contribution in [-0.2, 0) is 9.53 Å². The number of ether oxygens (including phenoxy) is 3. The Morgan fingerprint density at radius 1 is 1.21 bits per heavy atom. The van der Waals surface area contributed by atoms with Crippen LogP contribution in [0.4, 0.5) is 0 Å². The summed E-state index contributed by atoms with van der Waals surface area (Å²) in [7, 11) is 0. The van der Waals surface area contributed by atoms with Crippen molar-refractivity contribution in [2.45, 2.75) is 32.3 Å². The van der Waals surface area contributed by atoms with Crippen LogP contribution in [-0.4, -0.2) is 25.3 Å². The maximum absolute atomic E-state index is 10.8. The molecule has 1 aliphatic rings. The molecule has 0 bridgehead atoms. The van der Waals surface area contributed by atoms with Crippen LogP contribution < -0.4 is 9.47 Å². The Bertz CT molecular complexity index is 693. The molecule has 2 unspecified atom stereocenters. The minimum absolute atomic E-state index is 0.177. The third kappa shape index (κ3) is 3.88. The molecule has 0 saturated heterocycles. The number of rotatable bonds is 5. The van der Waals surface area contributed by atoms with Crippen LogP contribution in [0.3, 0.4) is 0 Å². The first-order valence-corrected chi connectivity index (χ1v) is 8.25. The molecular weight excluding hydrogens is 304 g/mol. The Morgan fingerprint density at radius 2 is 1.96 bits per heavy atom.